The first-order valence-corrected chi connectivity index (χ1v) is 7.62. The maximum absolute atomic E-state index is 11.9. The summed E-state index contributed by atoms with van der Waals surface area (Å²) in [5.74, 6) is 0.0740. The number of rotatable bonds is 6. The van der Waals surface area contributed by atoms with Crippen molar-refractivity contribution in [2.24, 2.45) is 0 Å². The van der Waals surface area contributed by atoms with Gasteiger partial charge < -0.3 is 9.15 Å². The Kier molecular flexibility index (Phi) is 5.69. The molecule has 1 aromatic heterocycles. The van der Waals surface area contributed by atoms with Crippen LogP contribution in [0, 0.1) is 21.4 Å². The molecule has 1 unspecified atom stereocenters. The number of ether oxygens (including phenoxy) is 1. The van der Waals surface area contributed by atoms with Crippen molar-refractivity contribution in [1.82, 2.24) is 0 Å². The Morgan fingerprint density at radius 2 is 2.04 bits per heavy atom. The number of nitro groups is 1. The molecule has 0 spiro atoms. The van der Waals surface area contributed by atoms with Crippen molar-refractivity contribution < 1.29 is 18.9 Å². The smallest absolute Gasteiger partial charge is 0.349 e. The van der Waals surface area contributed by atoms with Crippen LogP contribution in [0.15, 0.2) is 46.4 Å². The third-order valence-electron chi connectivity index (χ3n) is 3.50. The van der Waals surface area contributed by atoms with Gasteiger partial charge in [0.25, 0.3) is 5.69 Å². The number of non-ortho nitro benzene ring substituents is 1. The fraction of sp³-hybridized carbons (Fsp3) is 0.222. The second-order valence-electron chi connectivity index (χ2n) is 5.30. The molecule has 0 radical (unpaired) electrons. The topological polar surface area (TPSA) is 106 Å². The van der Waals surface area contributed by atoms with Crippen LogP contribution in [0.1, 0.15) is 26.0 Å². The molecule has 7 heteroatoms. The maximum atomic E-state index is 11.9. The summed E-state index contributed by atoms with van der Waals surface area (Å²) in [7, 11) is 0. The normalized spacial score (nSPS) is 12.3. The summed E-state index contributed by atoms with van der Waals surface area (Å²) in [5, 5.41) is 19.8. The van der Waals surface area contributed by atoms with E-state index in [2.05, 4.69) is 0 Å². The van der Waals surface area contributed by atoms with Crippen molar-refractivity contribution in [2.45, 2.75) is 26.4 Å². The molecule has 2 rings (SSSR count). The van der Waals surface area contributed by atoms with Crippen LogP contribution >= 0.6 is 0 Å². The molecule has 1 heterocycles. The van der Waals surface area contributed by atoms with E-state index in [0.29, 0.717) is 23.5 Å². The Morgan fingerprint density at radius 3 is 2.60 bits per heavy atom. The maximum Gasteiger partial charge on any atom is 0.349 e. The molecule has 0 saturated carbocycles. The fourth-order valence-electron chi connectivity index (χ4n) is 1.94. The van der Waals surface area contributed by atoms with Gasteiger partial charge in [0.15, 0.2) is 0 Å². The highest BCUT2D eigenvalue weighted by Crippen LogP contribution is 2.25. The van der Waals surface area contributed by atoms with Gasteiger partial charge >= 0.3 is 5.97 Å². The van der Waals surface area contributed by atoms with E-state index in [1.165, 1.54) is 18.2 Å². The molecule has 0 aliphatic rings. The molecule has 1 aromatic carbocycles. The molecule has 0 bridgehead atoms. The van der Waals surface area contributed by atoms with E-state index in [-0.39, 0.29) is 17.4 Å². The van der Waals surface area contributed by atoms with Gasteiger partial charge in [-0.3, -0.25) is 10.1 Å². The van der Waals surface area contributed by atoms with Gasteiger partial charge in [-0.1, -0.05) is 6.92 Å². The molecular weight excluding hydrogens is 324 g/mol. The highest BCUT2D eigenvalue weighted by Gasteiger charge is 2.15. The molecule has 0 N–H and O–H groups in total. The minimum Gasteiger partial charge on any atom is -0.459 e. The third-order valence-corrected chi connectivity index (χ3v) is 3.50. The van der Waals surface area contributed by atoms with Gasteiger partial charge in [-0.25, -0.2) is 4.79 Å². The molecule has 25 heavy (non-hydrogen) atoms. The third kappa shape index (κ3) is 4.54. The zero-order chi connectivity index (χ0) is 18.4. The fourth-order valence-corrected chi connectivity index (χ4v) is 1.94. The first kappa shape index (κ1) is 17.9. The second kappa shape index (κ2) is 7.93. The van der Waals surface area contributed by atoms with Crippen molar-refractivity contribution in [3.05, 3.63) is 57.8 Å². The Hall–Kier alpha value is -3.40. The Bertz CT molecular complexity index is 843. The molecule has 0 amide bonds. The number of hydrogen-bond acceptors (Lipinski definition) is 6. The Balaban J connectivity index is 2.20. The van der Waals surface area contributed by atoms with E-state index in [0.717, 1.165) is 0 Å². The van der Waals surface area contributed by atoms with E-state index in [1.54, 1.807) is 37.3 Å². The molecule has 0 fully saturated rings. The SMILES string of the molecule is CCC(C)OC(=O)/C(C#N)=C\c1ccc(-c2ccc([N+](=O)[O-])cc2)o1. The van der Waals surface area contributed by atoms with Crippen LogP contribution in [0.25, 0.3) is 17.4 Å². The monoisotopic (exact) mass is 340 g/mol. The molecule has 1 atom stereocenters. The van der Waals surface area contributed by atoms with Crippen LogP contribution in [0.5, 0.6) is 0 Å². The molecule has 0 aliphatic carbocycles. The van der Waals surface area contributed by atoms with Gasteiger partial charge in [0, 0.05) is 23.8 Å². The van der Waals surface area contributed by atoms with Crippen LogP contribution < -0.4 is 0 Å². The lowest BCUT2D eigenvalue weighted by molar-refractivity contribution is -0.384. The van der Waals surface area contributed by atoms with Crippen molar-refractivity contribution >= 4 is 17.7 Å². The van der Waals surface area contributed by atoms with Crippen molar-refractivity contribution in [1.29, 1.82) is 5.26 Å². The Morgan fingerprint density at radius 1 is 1.36 bits per heavy atom. The number of esters is 1. The number of furan rings is 1. The minimum atomic E-state index is -0.704. The number of carbonyl (C=O) groups excluding carboxylic acids is 1. The van der Waals surface area contributed by atoms with Gasteiger partial charge in [-0.05, 0) is 37.6 Å². The molecule has 2 aromatic rings. The highest BCUT2D eigenvalue weighted by molar-refractivity contribution is 5.97. The molecular formula is C18H16N2O5. The van der Waals surface area contributed by atoms with Crippen LogP contribution in [-0.4, -0.2) is 17.0 Å². The lowest BCUT2D eigenvalue weighted by Gasteiger charge is -2.09. The van der Waals surface area contributed by atoms with Gasteiger partial charge in [-0.2, -0.15) is 5.26 Å². The van der Waals surface area contributed by atoms with Crippen molar-refractivity contribution in [3.63, 3.8) is 0 Å². The summed E-state index contributed by atoms with van der Waals surface area (Å²) in [6.45, 7) is 3.61. The van der Waals surface area contributed by atoms with E-state index in [9.17, 15) is 14.9 Å². The second-order valence-corrected chi connectivity index (χ2v) is 5.30. The highest BCUT2D eigenvalue weighted by atomic mass is 16.6. The number of nitro benzene ring substituents is 1. The summed E-state index contributed by atoms with van der Waals surface area (Å²) >= 11 is 0. The van der Waals surface area contributed by atoms with Gasteiger partial charge in [0.1, 0.15) is 23.2 Å². The van der Waals surface area contributed by atoms with E-state index in [4.69, 9.17) is 14.4 Å². The van der Waals surface area contributed by atoms with E-state index < -0.39 is 10.9 Å². The minimum absolute atomic E-state index is 0.0185. The molecule has 0 aliphatic heterocycles. The van der Waals surface area contributed by atoms with E-state index in [1.807, 2.05) is 6.92 Å². The predicted octanol–water partition coefficient (Wildman–Crippen LogP) is 4.10. The predicted molar refractivity (Wildman–Crippen MR) is 90.2 cm³/mol. The van der Waals surface area contributed by atoms with E-state index >= 15 is 0 Å². The van der Waals surface area contributed by atoms with Crippen molar-refractivity contribution in [3.8, 4) is 17.4 Å². The summed E-state index contributed by atoms with van der Waals surface area (Å²) in [5.41, 5.74) is 0.464. The van der Waals surface area contributed by atoms with Crippen LogP contribution in [-0.2, 0) is 9.53 Å². The van der Waals surface area contributed by atoms with Gasteiger partial charge in [0.2, 0.25) is 0 Å². The van der Waals surface area contributed by atoms with Crippen LogP contribution in [0.3, 0.4) is 0 Å². The molecule has 128 valence electrons. The number of carbonyl (C=O) groups is 1. The summed E-state index contributed by atoms with van der Waals surface area (Å²) in [4.78, 5) is 22.1. The average Bonchev–Trinajstić information content (AvgIpc) is 3.08. The van der Waals surface area contributed by atoms with Crippen LogP contribution in [0.4, 0.5) is 5.69 Å². The number of nitriles is 1. The number of nitrogens with zero attached hydrogens (tertiary/aromatic N) is 2. The molecule has 7 nitrogen and oxygen atoms in total. The first-order valence-electron chi connectivity index (χ1n) is 7.62. The number of benzene rings is 1. The van der Waals surface area contributed by atoms with Crippen LogP contribution in [0.2, 0.25) is 0 Å². The lowest BCUT2D eigenvalue weighted by atomic mass is 10.1. The number of hydrogen-bond donors (Lipinski definition) is 0. The summed E-state index contributed by atoms with van der Waals surface area (Å²) in [6, 6.07) is 10.9. The summed E-state index contributed by atoms with van der Waals surface area (Å²) < 4.78 is 10.7. The zero-order valence-corrected chi connectivity index (χ0v) is 13.8. The zero-order valence-electron chi connectivity index (χ0n) is 13.8. The average molecular weight is 340 g/mol. The quantitative estimate of drug-likeness (QED) is 0.257. The molecule has 0 saturated heterocycles. The standard InChI is InChI=1S/C18H16N2O5/c1-3-12(2)24-18(21)14(11-19)10-16-8-9-17(25-16)13-4-6-15(7-5-13)20(22)23/h4-10,12H,3H2,1-2H3/b14-10-. The lowest BCUT2D eigenvalue weighted by Crippen LogP contribution is -2.15. The summed E-state index contributed by atoms with van der Waals surface area (Å²) in [6.07, 6.45) is 1.67. The van der Waals surface area contributed by atoms with Gasteiger partial charge in [-0.15, -0.1) is 0 Å². The van der Waals surface area contributed by atoms with Gasteiger partial charge in [0.05, 0.1) is 11.0 Å². The Labute approximate surface area is 144 Å². The largest absolute Gasteiger partial charge is 0.459 e. The van der Waals surface area contributed by atoms with Crippen molar-refractivity contribution in [2.75, 3.05) is 0 Å². The first-order chi connectivity index (χ1) is 11.9.